The maximum Gasteiger partial charge on any atom is 0.0795 e. The van der Waals surface area contributed by atoms with Crippen LogP contribution in [0.2, 0.25) is 0 Å². The van der Waals surface area contributed by atoms with Gasteiger partial charge in [0.2, 0.25) is 0 Å². The lowest BCUT2D eigenvalue weighted by atomic mass is 9.95. The fraction of sp³-hybridized carbons (Fsp3) is 0.727. The molecule has 0 aromatic carbocycles. The van der Waals surface area contributed by atoms with Crippen LogP contribution >= 0.6 is 11.3 Å². The van der Waals surface area contributed by atoms with Crippen molar-refractivity contribution in [3.8, 4) is 0 Å². The minimum atomic E-state index is 0.478. The second-order valence-electron chi connectivity index (χ2n) is 4.36. The van der Waals surface area contributed by atoms with Gasteiger partial charge in [0.1, 0.15) is 0 Å². The first-order chi connectivity index (χ1) is 6.81. The van der Waals surface area contributed by atoms with Crippen molar-refractivity contribution in [1.82, 2.24) is 10.3 Å². The van der Waals surface area contributed by atoms with Gasteiger partial charge in [-0.1, -0.05) is 13.3 Å². The third-order valence-corrected chi connectivity index (χ3v) is 3.89. The molecule has 1 aliphatic rings. The first-order valence-electron chi connectivity index (χ1n) is 5.36. The van der Waals surface area contributed by atoms with Gasteiger partial charge in [0, 0.05) is 5.38 Å². The summed E-state index contributed by atoms with van der Waals surface area (Å²) in [5.74, 6) is 1.69. The molecule has 0 aliphatic heterocycles. The predicted octanol–water partition coefficient (Wildman–Crippen LogP) is 2.84. The molecular formula is C11H18N2S. The fourth-order valence-corrected chi connectivity index (χ4v) is 3.14. The molecule has 3 unspecified atom stereocenters. The van der Waals surface area contributed by atoms with Gasteiger partial charge in [-0.15, -0.1) is 11.3 Å². The highest BCUT2D eigenvalue weighted by Gasteiger charge is 2.29. The molecule has 0 radical (unpaired) electrons. The largest absolute Gasteiger partial charge is 0.311 e. The number of nitrogens with zero attached hydrogens (tertiary/aromatic N) is 1. The Bertz CT molecular complexity index is 271. The van der Waals surface area contributed by atoms with Gasteiger partial charge < -0.3 is 5.32 Å². The van der Waals surface area contributed by atoms with E-state index in [9.17, 15) is 0 Å². The molecule has 2 nitrogen and oxygen atoms in total. The topological polar surface area (TPSA) is 24.9 Å². The number of aromatic nitrogens is 1. The summed E-state index contributed by atoms with van der Waals surface area (Å²) in [6.07, 6.45) is 4.08. The molecule has 1 aromatic heterocycles. The van der Waals surface area contributed by atoms with Crippen LogP contribution < -0.4 is 5.32 Å². The summed E-state index contributed by atoms with van der Waals surface area (Å²) in [5, 5.41) is 5.58. The molecule has 2 rings (SSSR count). The molecular weight excluding hydrogens is 192 g/mol. The zero-order chi connectivity index (χ0) is 9.97. The van der Waals surface area contributed by atoms with Crippen molar-refractivity contribution in [3.05, 3.63) is 16.6 Å². The van der Waals surface area contributed by atoms with E-state index < -0.39 is 0 Å². The molecule has 1 aromatic rings. The van der Waals surface area contributed by atoms with Crippen LogP contribution in [-0.2, 0) is 0 Å². The van der Waals surface area contributed by atoms with E-state index in [0.717, 1.165) is 11.8 Å². The lowest BCUT2D eigenvalue weighted by molar-refractivity contribution is 0.374. The minimum absolute atomic E-state index is 0.478. The quantitative estimate of drug-likeness (QED) is 0.830. The third-order valence-electron chi connectivity index (χ3n) is 3.29. The predicted molar refractivity (Wildman–Crippen MR) is 60.4 cm³/mol. The van der Waals surface area contributed by atoms with Crippen molar-refractivity contribution in [3.63, 3.8) is 0 Å². The molecule has 0 saturated heterocycles. The van der Waals surface area contributed by atoms with Gasteiger partial charge in [-0.25, -0.2) is 4.98 Å². The van der Waals surface area contributed by atoms with E-state index in [1.165, 1.54) is 25.0 Å². The lowest BCUT2D eigenvalue weighted by Crippen LogP contribution is -2.24. The van der Waals surface area contributed by atoms with Crippen molar-refractivity contribution < 1.29 is 0 Å². The second kappa shape index (κ2) is 4.41. The van der Waals surface area contributed by atoms with Crippen molar-refractivity contribution in [2.75, 3.05) is 7.05 Å². The molecule has 1 saturated carbocycles. The van der Waals surface area contributed by atoms with Gasteiger partial charge in [0.15, 0.2) is 0 Å². The summed E-state index contributed by atoms with van der Waals surface area (Å²) in [4.78, 5) is 4.41. The number of nitrogens with one attached hydrogen (secondary N) is 1. The van der Waals surface area contributed by atoms with Crippen LogP contribution in [0.15, 0.2) is 10.9 Å². The highest BCUT2D eigenvalue weighted by atomic mass is 32.1. The van der Waals surface area contributed by atoms with Gasteiger partial charge in [-0.2, -0.15) is 0 Å². The van der Waals surface area contributed by atoms with Gasteiger partial charge in [0.25, 0.3) is 0 Å². The van der Waals surface area contributed by atoms with Crippen LogP contribution in [0.4, 0.5) is 0 Å². The van der Waals surface area contributed by atoms with E-state index in [0.29, 0.717) is 6.04 Å². The van der Waals surface area contributed by atoms with Crippen molar-refractivity contribution in [2.24, 2.45) is 11.8 Å². The van der Waals surface area contributed by atoms with Crippen LogP contribution in [-0.4, -0.2) is 12.0 Å². The average Bonchev–Trinajstić information content (AvgIpc) is 2.79. The van der Waals surface area contributed by atoms with E-state index in [1.54, 1.807) is 11.3 Å². The van der Waals surface area contributed by atoms with Crippen LogP contribution in [0, 0.1) is 11.8 Å². The first-order valence-corrected chi connectivity index (χ1v) is 6.31. The Kier molecular flexibility index (Phi) is 3.19. The number of thiazole rings is 1. The summed E-state index contributed by atoms with van der Waals surface area (Å²) < 4.78 is 0. The van der Waals surface area contributed by atoms with E-state index in [4.69, 9.17) is 0 Å². The molecule has 0 bridgehead atoms. The van der Waals surface area contributed by atoms with E-state index >= 15 is 0 Å². The normalized spacial score (nSPS) is 29.3. The number of hydrogen-bond donors (Lipinski definition) is 1. The SMILES string of the molecule is CNC(c1cscn1)C1CCC(C)C1. The summed E-state index contributed by atoms with van der Waals surface area (Å²) in [6, 6.07) is 0.478. The Morgan fingerprint density at radius 2 is 2.43 bits per heavy atom. The van der Waals surface area contributed by atoms with Crippen LogP contribution in [0.5, 0.6) is 0 Å². The molecule has 14 heavy (non-hydrogen) atoms. The van der Waals surface area contributed by atoms with E-state index in [-0.39, 0.29) is 0 Å². The summed E-state index contributed by atoms with van der Waals surface area (Å²) in [7, 11) is 2.05. The van der Waals surface area contributed by atoms with Crippen LogP contribution in [0.25, 0.3) is 0 Å². The van der Waals surface area contributed by atoms with Gasteiger partial charge in [-0.3, -0.25) is 0 Å². The Balaban J connectivity index is 2.07. The molecule has 0 amide bonds. The maximum absolute atomic E-state index is 4.41. The number of hydrogen-bond acceptors (Lipinski definition) is 3. The van der Waals surface area contributed by atoms with E-state index in [1.807, 2.05) is 12.6 Å². The van der Waals surface area contributed by atoms with Crippen molar-refractivity contribution in [2.45, 2.75) is 32.2 Å². The molecule has 3 heteroatoms. The molecule has 1 aliphatic carbocycles. The smallest absolute Gasteiger partial charge is 0.0795 e. The highest BCUT2D eigenvalue weighted by Crippen LogP contribution is 2.38. The third kappa shape index (κ3) is 1.98. The second-order valence-corrected chi connectivity index (χ2v) is 5.08. The van der Waals surface area contributed by atoms with Gasteiger partial charge >= 0.3 is 0 Å². The Morgan fingerprint density at radius 3 is 2.93 bits per heavy atom. The highest BCUT2D eigenvalue weighted by molar-refractivity contribution is 7.07. The van der Waals surface area contributed by atoms with Crippen molar-refractivity contribution in [1.29, 1.82) is 0 Å². The van der Waals surface area contributed by atoms with Gasteiger partial charge in [-0.05, 0) is 31.7 Å². The minimum Gasteiger partial charge on any atom is -0.311 e. The molecule has 1 fully saturated rings. The maximum atomic E-state index is 4.41. The number of rotatable bonds is 3. The Labute approximate surface area is 89.8 Å². The Morgan fingerprint density at radius 1 is 1.57 bits per heavy atom. The van der Waals surface area contributed by atoms with E-state index in [2.05, 4.69) is 22.6 Å². The molecule has 3 atom stereocenters. The van der Waals surface area contributed by atoms with Crippen LogP contribution in [0.3, 0.4) is 0 Å². The molecule has 1 heterocycles. The molecule has 78 valence electrons. The average molecular weight is 210 g/mol. The Hall–Kier alpha value is -0.410. The summed E-state index contributed by atoms with van der Waals surface area (Å²) in [6.45, 7) is 2.35. The molecule has 0 spiro atoms. The van der Waals surface area contributed by atoms with Crippen LogP contribution in [0.1, 0.15) is 37.9 Å². The standard InChI is InChI=1S/C11H18N2S/c1-8-3-4-9(5-8)11(12-2)10-6-14-7-13-10/h6-9,11-12H,3-5H2,1-2H3. The van der Waals surface area contributed by atoms with Crippen molar-refractivity contribution >= 4 is 11.3 Å². The summed E-state index contributed by atoms with van der Waals surface area (Å²) in [5.41, 5.74) is 3.16. The zero-order valence-electron chi connectivity index (χ0n) is 8.86. The fourth-order valence-electron chi connectivity index (χ4n) is 2.55. The lowest BCUT2D eigenvalue weighted by Gasteiger charge is -2.21. The summed E-state index contributed by atoms with van der Waals surface area (Å²) >= 11 is 1.69. The first kappa shape index (κ1) is 10.1. The zero-order valence-corrected chi connectivity index (χ0v) is 9.68. The monoisotopic (exact) mass is 210 g/mol. The molecule has 1 N–H and O–H groups in total. The van der Waals surface area contributed by atoms with Gasteiger partial charge in [0.05, 0.1) is 17.2 Å².